The molecule has 0 spiro atoms. The van der Waals surface area contributed by atoms with E-state index in [1.54, 1.807) is 0 Å². The maximum Gasteiger partial charge on any atom is 0.229 e. The molecule has 0 radical (unpaired) electrons. The van der Waals surface area contributed by atoms with Crippen LogP contribution in [0.4, 0.5) is 0 Å². The quantitative estimate of drug-likeness (QED) is 0.367. The smallest absolute Gasteiger partial charge is 0.229 e. The van der Waals surface area contributed by atoms with Crippen molar-refractivity contribution in [3.63, 3.8) is 0 Å². The summed E-state index contributed by atoms with van der Waals surface area (Å²) in [6.07, 6.45) is -4.33. The monoisotopic (exact) mass is 456 g/mol. The number of fused-ring (bicyclic) bond motifs is 2. The Hall–Kier alpha value is -2.69. The lowest BCUT2D eigenvalue weighted by atomic mass is 9.99. The molecule has 2 aliphatic heterocycles. The van der Waals surface area contributed by atoms with Gasteiger partial charge in [0.2, 0.25) is 6.29 Å². The molecule has 0 saturated carbocycles. The third-order valence-corrected chi connectivity index (χ3v) is 6.35. The number of rotatable bonds is 6. The lowest BCUT2D eigenvalue weighted by Crippen LogP contribution is -2.60. The van der Waals surface area contributed by atoms with E-state index in [0.29, 0.717) is 17.7 Å². The Bertz CT molecular complexity index is 1150. The van der Waals surface area contributed by atoms with E-state index in [2.05, 4.69) is 22.3 Å². The molecule has 0 bridgehead atoms. The van der Waals surface area contributed by atoms with Gasteiger partial charge in [-0.25, -0.2) is 0 Å². The first-order chi connectivity index (χ1) is 15.9. The van der Waals surface area contributed by atoms with Crippen molar-refractivity contribution in [2.75, 3.05) is 13.2 Å². The van der Waals surface area contributed by atoms with Crippen LogP contribution in [0, 0.1) is 6.92 Å². The van der Waals surface area contributed by atoms with Crippen molar-refractivity contribution in [2.45, 2.75) is 56.9 Å². The second-order valence-electron chi connectivity index (χ2n) is 8.72. The summed E-state index contributed by atoms with van der Waals surface area (Å²) in [5, 5.41) is 48.3. The normalized spacial score (nSPS) is 26.9. The minimum atomic E-state index is -1.51. The molecule has 3 heterocycles. The minimum absolute atomic E-state index is 0.445. The summed E-state index contributed by atoms with van der Waals surface area (Å²) in [7, 11) is 0. The highest BCUT2D eigenvalue weighted by atomic mass is 16.7. The van der Waals surface area contributed by atoms with E-state index in [0.717, 1.165) is 41.8 Å². The van der Waals surface area contributed by atoms with E-state index in [-0.39, 0.29) is 0 Å². The Balaban J connectivity index is 1.40. The highest BCUT2D eigenvalue weighted by Gasteiger charge is 2.45. The van der Waals surface area contributed by atoms with E-state index < -0.39 is 37.3 Å². The summed E-state index contributed by atoms with van der Waals surface area (Å²) in [5.74, 6) is 1.40. The molecule has 5 N–H and O–H groups in total. The molecule has 1 saturated heterocycles. The summed E-state index contributed by atoms with van der Waals surface area (Å²) < 4.78 is 17.1. The third-order valence-electron chi connectivity index (χ3n) is 6.35. The van der Waals surface area contributed by atoms with Crippen LogP contribution in [-0.2, 0) is 24.0 Å². The highest BCUT2D eigenvalue weighted by Crippen LogP contribution is 2.33. The maximum absolute atomic E-state index is 10.4. The van der Waals surface area contributed by atoms with Crippen molar-refractivity contribution >= 4 is 10.9 Å². The lowest BCUT2D eigenvalue weighted by molar-refractivity contribution is -0.277. The number of ether oxygens (including phenoxy) is 3. The first-order valence-corrected chi connectivity index (χ1v) is 11.1. The maximum atomic E-state index is 10.4. The van der Waals surface area contributed by atoms with Crippen LogP contribution in [0.1, 0.15) is 22.4 Å². The van der Waals surface area contributed by atoms with Crippen LogP contribution in [0.5, 0.6) is 11.5 Å². The van der Waals surface area contributed by atoms with Gasteiger partial charge in [-0.2, -0.15) is 5.10 Å². The molecule has 2 aromatic carbocycles. The summed E-state index contributed by atoms with van der Waals surface area (Å²) in [6.45, 7) is 2.11. The molecule has 5 rings (SSSR count). The molecule has 0 aliphatic carbocycles. The van der Waals surface area contributed by atoms with Gasteiger partial charge in [0.15, 0.2) is 0 Å². The number of hydrogen-bond acceptors (Lipinski definition) is 8. The van der Waals surface area contributed by atoms with E-state index in [1.807, 2.05) is 25.1 Å². The molecular weight excluding hydrogens is 428 g/mol. The molecule has 9 nitrogen and oxygen atoms in total. The first-order valence-electron chi connectivity index (χ1n) is 11.1. The predicted molar refractivity (Wildman–Crippen MR) is 118 cm³/mol. The summed E-state index contributed by atoms with van der Waals surface area (Å²) in [4.78, 5) is 0. The number of nitrogens with zero attached hydrogens (tertiary/aromatic N) is 1. The predicted octanol–water partition coefficient (Wildman–Crippen LogP) is 0.770. The van der Waals surface area contributed by atoms with Gasteiger partial charge >= 0.3 is 0 Å². The molecule has 1 aromatic heterocycles. The van der Waals surface area contributed by atoms with Crippen LogP contribution >= 0.6 is 0 Å². The molecule has 0 amide bonds. The number of aliphatic hydroxyl groups excluding tert-OH is 4. The van der Waals surface area contributed by atoms with Crippen LogP contribution in [0.2, 0.25) is 0 Å². The van der Waals surface area contributed by atoms with E-state index in [4.69, 9.17) is 14.2 Å². The van der Waals surface area contributed by atoms with Crippen molar-refractivity contribution in [1.29, 1.82) is 0 Å². The molecule has 1 fully saturated rings. The number of aromatic nitrogens is 2. The van der Waals surface area contributed by atoms with Crippen LogP contribution in [0.25, 0.3) is 10.9 Å². The fraction of sp³-hybridized carbons (Fsp3) is 0.458. The molecule has 176 valence electrons. The van der Waals surface area contributed by atoms with Crippen molar-refractivity contribution in [1.82, 2.24) is 10.2 Å². The van der Waals surface area contributed by atoms with E-state index in [9.17, 15) is 20.4 Å². The number of aliphatic hydroxyl groups is 4. The van der Waals surface area contributed by atoms with Crippen molar-refractivity contribution in [2.24, 2.45) is 0 Å². The van der Waals surface area contributed by atoms with Crippen molar-refractivity contribution in [3.8, 4) is 11.5 Å². The van der Waals surface area contributed by atoms with Gasteiger partial charge in [-0.15, -0.1) is 0 Å². The molecule has 9 heteroatoms. The fourth-order valence-electron chi connectivity index (χ4n) is 4.54. The van der Waals surface area contributed by atoms with Gasteiger partial charge in [0, 0.05) is 12.1 Å². The number of nitrogens with one attached hydrogen (secondary N) is 1. The Labute approximate surface area is 190 Å². The molecule has 5 atom stereocenters. The Morgan fingerprint density at radius 1 is 1.09 bits per heavy atom. The van der Waals surface area contributed by atoms with Crippen molar-refractivity contribution < 1.29 is 34.6 Å². The van der Waals surface area contributed by atoms with Crippen LogP contribution in [0.3, 0.4) is 0 Å². The second-order valence-corrected chi connectivity index (χ2v) is 8.72. The molecule has 2 aliphatic rings. The molecular formula is C24H28N2O7. The number of hydrogen-bond donors (Lipinski definition) is 5. The number of aromatic amines is 1. The molecule has 33 heavy (non-hydrogen) atoms. The van der Waals surface area contributed by atoms with Crippen LogP contribution < -0.4 is 9.47 Å². The Morgan fingerprint density at radius 3 is 2.76 bits per heavy atom. The van der Waals surface area contributed by atoms with Gasteiger partial charge in [-0.1, -0.05) is 12.1 Å². The highest BCUT2D eigenvalue weighted by molar-refractivity contribution is 5.88. The first kappa shape index (κ1) is 22.1. The Kier molecular flexibility index (Phi) is 5.98. The van der Waals surface area contributed by atoms with Gasteiger partial charge < -0.3 is 34.6 Å². The Morgan fingerprint density at radius 2 is 1.94 bits per heavy atom. The van der Waals surface area contributed by atoms with Crippen LogP contribution in [0.15, 0.2) is 30.3 Å². The van der Waals surface area contributed by atoms with Gasteiger partial charge in [0.1, 0.15) is 35.9 Å². The number of H-pyrrole nitrogens is 1. The van der Waals surface area contributed by atoms with E-state index >= 15 is 0 Å². The SMILES string of the molecule is Cc1cc(O[C@@H]2O[C@H](CO)[C@@H](O)[C@H](O)[C@H]2O)c2c(CCc3ccc4c(c3)CCO4)[nH]nc2c1. The molecule has 3 aromatic rings. The topological polar surface area (TPSA) is 137 Å². The summed E-state index contributed by atoms with van der Waals surface area (Å²) in [5.41, 5.74) is 4.92. The summed E-state index contributed by atoms with van der Waals surface area (Å²) >= 11 is 0. The van der Waals surface area contributed by atoms with Gasteiger partial charge in [0.25, 0.3) is 0 Å². The van der Waals surface area contributed by atoms with Crippen molar-refractivity contribution in [3.05, 3.63) is 52.7 Å². The van der Waals surface area contributed by atoms with E-state index in [1.165, 1.54) is 11.1 Å². The zero-order valence-electron chi connectivity index (χ0n) is 18.3. The average Bonchev–Trinajstić information content (AvgIpc) is 3.44. The second kappa shape index (κ2) is 8.92. The average molecular weight is 456 g/mol. The standard InChI is InChI=1S/C24H28N2O7/c1-12-8-16-20(18(9-12)32-24-23(30)22(29)21(28)19(11-27)33-24)15(25-26-16)4-2-13-3-5-17-14(10-13)6-7-31-17/h3,5,8-10,19,21-24,27-30H,2,4,6-7,11H2,1H3,(H,25,26)/t19-,21-,22+,23-,24-/m1/s1. The van der Waals surface area contributed by atoms with Crippen LogP contribution in [-0.4, -0.2) is 74.5 Å². The van der Waals surface area contributed by atoms with Gasteiger partial charge in [0.05, 0.1) is 24.1 Å². The fourth-order valence-corrected chi connectivity index (χ4v) is 4.54. The lowest BCUT2D eigenvalue weighted by Gasteiger charge is -2.39. The third kappa shape index (κ3) is 4.18. The zero-order valence-corrected chi connectivity index (χ0v) is 18.3. The number of aryl methyl sites for hydroxylation is 3. The molecule has 0 unspecified atom stereocenters. The largest absolute Gasteiger partial charge is 0.493 e. The van der Waals surface area contributed by atoms with Gasteiger partial charge in [-0.05, 0) is 54.7 Å². The summed E-state index contributed by atoms with van der Waals surface area (Å²) in [6, 6.07) is 10.0. The zero-order chi connectivity index (χ0) is 23.1. The minimum Gasteiger partial charge on any atom is -0.493 e. The number of benzene rings is 2. The van der Waals surface area contributed by atoms with Gasteiger partial charge in [-0.3, -0.25) is 5.10 Å².